The average Bonchev–Trinajstić information content (AvgIpc) is 2.74. The number of benzene rings is 2. The molecule has 2 N–H and O–H groups in total. The fourth-order valence-electron chi connectivity index (χ4n) is 1.79. The predicted octanol–water partition coefficient (Wildman–Crippen LogP) is 3.08. The normalized spacial score (nSPS) is 10.8. The molecule has 1 heterocycles. The summed E-state index contributed by atoms with van der Waals surface area (Å²) in [6, 6.07) is 15.4. The van der Waals surface area contributed by atoms with Crippen molar-refractivity contribution >= 4 is 16.6 Å². The van der Waals surface area contributed by atoms with Crippen molar-refractivity contribution in [3.05, 3.63) is 48.5 Å². The molecule has 0 spiro atoms. The van der Waals surface area contributed by atoms with Crippen LogP contribution in [0.25, 0.3) is 22.2 Å². The van der Waals surface area contributed by atoms with Gasteiger partial charge in [-0.1, -0.05) is 29.4 Å². The maximum Gasteiger partial charge on any atom is 0.176 e. The van der Waals surface area contributed by atoms with Crippen LogP contribution in [0.15, 0.2) is 53.1 Å². The van der Waals surface area contributed by atoms with Gasteiger partial charge in [0.05, 0.1) is 0 Å². The van der Waals surface area contributed by atoms with E-state index in [-0.39, 0.29) is 0 Å². The fraction of sp³-hybridized carbons (Fsp3) is 0. The number of hydrogen-bond donors (Lipinski definition) is 1. The Balaban J connectivity index is 2.31. The first-order valence-electron chi connectivity index (χ1n) is 5.05. The van der Waals surface area contributed by atoms with Gasteiger partial charge in [0, 0.05) is 16.6 Å². The second-order valence-corrected chi connectivity index (χ2v) is 3.62. The monoisotopic (exact) mass is 210 g/mol. The predicted molar refractivity (Wildman–Crippen MR) is 63.9 cm³/mol. The topological polar surface area (TPSA) is 52.0 Å². The third-order valence-corrected chi connectivity index (χ3v) is 2.59. The van der Waals surface area contributed by atoms with Crippen LogP contribution in [0, 0.1) is 0 Å². The summed E-state index contributed by atoms with van der Waals surface area (Å²) in [6.07, 6.45) is 0. The number of nitrogens with zero attached hydrogens (tertiary/aromatic N) is 1. The summed E-state index contributed by atoms with van der Waals surface area (Å²) in [5.74, 6) is 0.730. The molecular formula is C13H10N2O. The largest absolute Gasteiger partial charge is 0.398 e. The van der Waals surface area contributed by atoms with Gasteiger partial charge in [-0.05, 0) is 24.3 Å². The molecule has 0 aliphatic rings. The third kappa shape index (κ3) is 1.26. The molecule has 3 aromatic rings. The lowest BCUT2D eigenvalue weighted by molar-refractivity contribution is 0.441. The quantitative estimate of drug-likeness (QED) is 0.628. The molecule has 0 aliphatic heterocycles. The lowest BCUT2D eigenvalue weighted by Gasteiger charge is -2.00. The van der Waals surface area contributed by atoms with E-state index in [0.29, 0.717) is 5.69 Å². The standard InChI is InChI=1S/C13H10N2O/c14-11-7-3-1-5-9(11)13-10-6-2-4-8-12(10)15-16-13/h1-8H,14H2. The number of anilines is 1. The van der Waals surface area contributed by atoms with Crippen LogP contribution in [0.3, 0.4) is 0 Å². The van der Waals surface area contributed by atoms with Crippen molar-refractivity contribution in [2.45, 2.75) is 0 Å². The highest BCUT2D eigenvalue weighted by molar-refractivity contribution is 5.94. The molecule has 2 aromatic carbocycles. The molecule has 0 atom stereocenters. The SMILES string of the molecule is Nc1ccccc1-c1onc2ccccc12. The minimum absolute atomic E-state index is 0.699. The molecule has 0 aliphatic carbocycles. The van der Waals surface area contributed by atoms with E-state index in [2.05, 4.69) is 5.16 Å². The first kappa shape index (κ1) is 8.97. The molecule has 3 heteroatoms. The Labute approximate surface area is 92.5 Å². The Morgan fingerprint density at radius 3 is 2.56 bits per heavy atom. The number of aromatic nitrogens is 1. The van der Waals surface area contributed by atoms with Crippen molar-refractivity contribution in [3.8, 4) is 11.3 Å². The van der Waals surface area contributed by atoms with Gasteiger partial charge < -0.3 is 10.3 Å². The maximum absolute atomic E-state index is 5.92. The molecule has 0 saturated heterocycles. The van der Waals surface area contributed by atoms with E-state index in [9.17, 15) is 0 Å². The molecule has 0 bridgehead atoms. The number of nitrogens with two attached hydrogens (primary N) is 1. The van der Waals surface area contributed by atoms with Crippen LogP contribution in [0.2, 0.25) is 0 Å². The highest BCUT2D eigenvalue weighted by atomic mass is 16.5. The number of para-hydroxylation sites is 1. The second-order valence-electron chi connectivity index (χ2n) is 3.62. The zero-order valence-corrected chi connectivity index (χ0v) is 8.55. The van der Waals surface area contributed by atoms with Crippen LogP contribution in [-0.4, -0.2) is 5.16 Å². The molecule has 3 rings (SSSR count). The molecule has 16 heavy (non-hydrogen) atoms. The van der Waals surface area contributed by atoms with Crippen molar-refractivity contribution in [1.29, 1.82) is 0 Å². The van der Waals surface area contributed by atoms with Crippen LogP contribution in [0.5, 0.6) is 0 Å². The number of hydrogen-bond acceptors (Lipinski definition) is 3. The van der Waals surface area contributed by atoms with E-state index in [4.69, 9.17) is 10.3 Å². The van der Waals surface area contributed by atoms with Gasteiger partial charge in [0.15, 0.2) is 5.76 Å². The van der Waals surface area contributed by atoms with Gasteiger partial charge in [-0.3, -0.25) is 0 Å². The van der Waals surface area contributed by atoms with E-state index in [0.717, 1.165) is 22.2 Å². The Bertz CT molecular complexity index is 643. The Kier molecular flexibility index (Phi) is 1.90. The summed E-state index contributed by atoms with van der Waals surface area (Å²) in [6.45, 7) is 0. The first-order valence-corrected chi connectivity index (χ1v) is 5.05. The molecule has 0 fully saturated rings. The van der Waals surface area contributed by atoms with Gasteiger partial charge in [-0.2, -0.15) is 0 Å². The molecule has 1 aromatic heterocycles. The zero-order valence-electron chi connectivity index (χ0n) is 8.55. The van der Waals surface area contributed by atoms with Gasteiger partial charge in [0.2, 0.25) is 0 Å². The molecule has 3 nitrogen and oxygen atoms in total. The third-order valence-electron chi connectivity index (χ3n) is 2.59. The van der Waals surface area contributed by atoms with Gasteiger partial charge in [0.1, 0.15) is 5.52 Å². The number of nitrogen functional groups attached to an aromatic ring is 1. The summed E-state index contributed by atoms with van der Waals surface area (Å²) in [5.41, 5.74) is 8.35. The molecule has 78 valence electrons. The van der Waals surface area contributed by atoms with Crippen LogP contribution in [-0.2, 0) is 0 Å². The van der Waals surface area contributed by atoms with Crippen molar-refractivity contribution in [2.24, 2.45) is 0 Å². The van der Waals surface area contributed by atoms with E-state index >= 15 is 0 Å². The van der Waals surface area contributed by atoms with E-state index < -0.39 is 0 Å². The highest BCUT2D eigenvalue weighted by Gasteiger charge is 2.11. The van der Waals surface area contributed by atoms with E-state index in [1.807, 2.05) is 48.5 Å². The van der Waals surface area contributed by atoms with Crippen molar-refractivity contribution in [1.82, 2.24) is 5.16 Å². The van der Waals surface area contributed by atoms with Crippen LogP contribution >= 0.6 is 0 Å². The molecule has 0 radical (unpaired) electrons. The summed E-state index contributed by atoms with van der Waals surface area (Å²) >= 11 is 0. The van der Waals surface area contributed by atoms with Crippen molar-refractivity contribution in [3.63, 3.8) is 0 Å². The van der Waals surface area contributed by atoms with Gasteiger partial charge in [-0.25, -0.2) is 0 Å². The second kappa shape index (κ2) is 3.38. The summed E-state index contributed by atoms with van der Waals surface area (Å²) < 4.78 is 5.35. The lowest BCUT2D eigenvalue weighted by atomic mass is 10.1. The average molecular weight is 210 g/mol. The zero-order chi connectivity index (χ0) is 11.0. The maximum atomic E-state index is 5.92. The van der Waals surface area contributed by atoms with E-state index in [1.165, 1.54) is 0 Å². The lowest BCUT2D eigenvalue weighted by Crippen LogP contribution is -1.87. The molecular weight excluding hydrogens is 200 g/mol. The van der Waals surface area contributed by atoms with Gasteiger partial charge >= 0.3 is 0 Å². The minimum Gasteiger partial charge on any atom is -0.398 e. The van der Waals surface area contributed by atoms with Crippen LogP contribution < -0.4 is 5.73 Å². The first-order chi connectivity index (χ1) is 7.86. The summed E-state index contributed by atoms with van der Waals surface area (Å²) in [4.78, 5) is 0. The minimum atomic E-state index is 0.699. The fourth-order valence-corrected chi connectivity index (χ4v) is 1.79. The summed E-state index contributed by atoms with van der Waals surface area (Å²) in [7, 11) is 0. The Morgan fingerprint density at radius 2 is 1.69 bits per heavy atom. The van der Waals surface area contributed by atoms with Crippen LogP contribution in [0.4, 0.5) is 5.69 Å². The molecule has 0 amide bonds. The smallest absolute Gasteiger partial charge is 0.176 e. The molecule has 0 saturated carbocycles. The number of fused-ring (bicyclic) bond motifs is 1. The number of rotatable bonds is 1. The van der Waals surface area contributed by atoms with Crippen molar-refractivity contribution in [2.75, 3.05) is 5.73 Å². The van der Waals surface area contributed by atoms with Crippen LogP contribution in [0.1, 0.15) is 0 Å². The molecule has 0 unspecified atom stereocenters. The van der Waals surface area contributed by atoms with E-state index in [1.54, 1.807) is 0 Å². The Hall–Kier alpha value is -2.29. The van der Waals surface area contributed by atoms with Gasteiger partial charge in [0.25, 0.3) is 0 Å². The Morgan fingerprint density at radius 1 is 0.938 bits per heavy atom. The van der Waals surface area contributed by atoms with Crippen molar-refractivity contribution < 1.29 is 4.52 Å². The van der Waals surface area contributed by atoms with Gasteiger partial charge in [-0.15, -0.1) is 0 Å². The highest BCUT2D eigenvalue weighted by Crippen LogP contribution is 2.31. The summed E-state index contributed by atoms with van der Waals surface area (Å²) in [5, 5.41) is 4.99.